The van der Waals surface area contributed by atoms with Crippen molar-refractivity contribution in [3.8, 4) is 5.69 Å². The minimum atomic E-state index is -0.923. The molecular weight excluding hydrogens is 350 g/mol. The number of likely N-dealkylation sites (tertiary alicyclic amines) is 1. The van der Waals surface area contributed by atoms with Crippen molar-refractivity contribution in [2.24, 2.45) is 5.73 Å². The van der Waals surface area contributed by atoms with Crippen LogP contribution in [0.15, 0.2) is 18.2 Å². The first-order valence-corrected chi connectivity index (χ1v) is 8.15. The molecule has 134 valence electrons. The number of carbonyl (C=O) groups excluding carboxylic acids is 1. The van der Waals surface area contributed by atoms with E-state index in [9.17, 15) is 13.6 Å². The first-order chi connectivity index (χ1) is 11.5. The first kappa shape index (κ1) is 17.8. The van der Waals surface area contributed by atoms with Gasteiger partial charge in [-0.25, -0.2) is 13.5 Å². The van der Waals surface area contributed by atoms with Crippen molar-refractivity contribution >= 4 is 18.3 Å². The molecule has 1 aromatic carbocycles. The Labute approximate surface area is 150 Å². The van der Waals surface area contributed by atoms with Gasteiger partial charge in [0.05, 0.1) is 5.69 Å². The first-order valence-electron chi connectivity index (χ1n) is 8.15. The van der Waals surface area contributed by atoms with Gasteiger partial charge in [0.2, 0.25) is 0 Å². The highest BCUT2D eigenvalue weighted by Crippen LogP contribution is 2.29. The fraction of sp³-hybridized carbons (Fsp3) is 0.412. The van der Waals surface area contributed by atoms with Crippen molar-refractivity contribution in [3.63, 3.8) is 0 Å². The van der Waals surface area contributed by atoms with E-state index < -0.39 is 11.6 Å². The Hall–Kier alpha value is -1.99. The van der Waals surface area contributed by atoms with Crippen LogP contribution in [0.4, 0.5) is 8.78 Å². The molecule has 1 amide bonds. The summed E-state index contributed by atoms with van der Waals surface area (Å²) in [7, 11) is 0. The van der Waals surface area contributed by atoms with Crippen LogP contribution in [0, 0.1) is 11.6 Å². The monoisotopic (exact) mass is 368 g/mol. The summed E-state index contributed by atoms with van der Waals surface area (Å²) < 4.78 is 28.3. The van der Waals surface area contributed by atoms with Gasteiger partial charge in [-0.05, 0) is 37.8 Å². The molecule has 25 heavy (non-hydrogen) atoms. The number of halogens is 3. The number of fused-ring (bicyclic) bond motifs is 1. The highest BCUT2D eigenvalue weighted by atomic mass is 35.5. The predicted octanol–water partition coefficient (Wildman–Crippen LogP) is 2.23. The van der Waals surface area contributed by atoms with E-state index in [0.717, 1.165) is 49.1 Å². The predicted molar refractivity (Wildman–Crippen MR) is 91.2 cm³/mol. The minimum absolute atomic E-state index is 0. The van der Waals surface area contributed by atoms with Crippen molar-refractivity contribution in [2.45, 2.75) is 31.7 Å². The molecule has 1 saturated heterocycles. The lowest BCUT2D eigenvalue weighted by Crippen LogP contribution is -2.32. The van der Waals surface area contributed by atoms with E-state index in [-0.39, 0.29) is 24.4 Å². The third-order valence-electron chi connectivity index (χ3n) is 4.79. The van der Waals surface area contributed by atoms with Gasteiger partial charge in [-0.15, -0.1) is 12.4 Å². The fourth-order valence-corrected chi connectivity index (χ4v) is 3.56. The van der Waals surface area contributed by atoms with Crippen molar-refractivity contribution in [1.82, 2.24) is 14.7 Å². The zero-order valence-corrected chi connectivity index (χ0v) is 14.4. The van der Waals surface area contributed by atoms with E-state index in [2.05, 4.69) is 5.10 Å². The molecule has 1 aliphatic heterocycles. The van der Waals surface area contributed by atoms with E-state index in [1.807, 2.05) is 0 Å². The lowest BCUT2D eigenvalue weighted by Gasteiger charge is -2.14. The zero-order valence-electron chi connectivity index (χ0n) is 13.5. The molecule has 1 aromatic heterocycles. The number of nitrogens with zero attached hydrogens (tertiary/aromatic N) is 3. The van der Waals surface area contributed by atoms with Crippen molar-refractivity contribution in [1.29, 1.82) is 0 Å². The van der Waals surface area contributed by atoms with Gasteiger partial charge >= 0.3 is 0 Å². The zero-order chi connectivity index (χ0) is 16.8. The third kappa shape index (κ3) is 3.02. The maximum Gasteiger partial charge on any atom is 0.274 e. The second kappa shape index (κ2) is 6.72. The molecule has 4 rings (SSSR count). The average Bonchev–Trinajstić information content (AvgIpc) is 3.25. The molecule has 0 bridgehead atoms. The summed E-state index contributed by atoms with van der Waals surface area (Å²) in [6.07, 6.45) is 3.27. The fourth-order valence-electron chi connectivity index (χ4n) is 3.56. The third-order valence-corrected chi connectivity index (χ3v) is 4.79. The van der Waals surface area contributed by atoms with Crippen LogP contribution in [0.3, 0.4) is 0 Å². The highest BCUT2D eigenvalue weighted by molar-refractivity contribution is 5.94. The Balaban J connectivity index is 0.00000182. The van der Waals surface area contributed by atoms with Crippen molar-refractivity contribution in [3.05, 3.63) is 46.8 Å². The largest absolute Gasteiger partial charge is 0.336 e. The summed E-state index contributed by atoms with van der Waals surface area (Å²) in [5, 5.41) is 4.44. The second-order valence-corrected chi connectivity index (χ2v) is 6.44. The molecule has 0 radical (unpaired) electrons. The molecule has 0 spiro atoms. The summed E-state index contributed by atoms with van der Waals surface area (Å²) in [6.45, 7) is 1.17. The normalized spacial score (nSPS) is 19.0. The van der Waals surface area contributed by atoms with Crippen LogP contribution in [0.5, 0.6) is 0 Å². The lowest BCUT2D eigenvalue weighted by atomic mass is 10.2. The molecular formula is C17H19ClF2N4O. The number of aromatic nitrogens is 2. The van der Waals surface area contributed by atoms with Crippen LogP contribution in [0.25, 0.3) is 5.69 Å². The smallest absolute Gasteiger partial charge is 0.274 e. The number of rotatable bonds is 2. The van der Waals surface area contributed by atoms with Crippen LogP contribution in [-0.2, 0) is 12.8 Å². The highest BCUT2D eigenvalue weighted by Gasteiger charge is 2.32. The average molecular weight is 369 g/mol. The number of hydrogen-bond donors (Lipinski definition) is 1. The Bertz CT molecular complexity index is 823. The molecule has 8 heteroatoms. The van der Waals surface area contributed by atoms with Gasteiger partial charge in [-0.2, -0.15) is 5.10 Å². The molecule has 2 heterocycles. The number of benzene rings is 1. The lowest BCUT2D eigenvalue weighted by molar-refractivity contribution is 0.0783. The standard InChI is InChI=1S/C17H18F2N4O.ClH/c18-13-5-4-11(8-14(13)19)23-15-3-1-2-12(15)16(21-23)17(24)22-7-6-10(20)9-22;/h4-5,8,10H,1-3,6-7,9,20H2;1H/t10-;/m1./s1. The van der Waals surface area contributed by atoms with Gasteiger partial charge in [0.1, 0.15) is 0 Å². The Morgan fingerprint density at radius 3 is 2.72 bits per heavy atom. The van der Waals surface area contributed by atoms with Gasteiger partial charge < -0.3 is 10.6 Å². The molecule has 0 unspecified atom stereocenters. The van der Waals surface area contributed by atoms with E-state index in [1.54, 1.807) is 9.58 Å². The number of hydrogen-bond acceptors (Lipinski definition) is 3. The van der Waals surface area contributed by atoms with E-state index >= 15 is 0 Å². The van der Waals surface area contributed by atoms with Gasteiger partial charge in [-0.3, -0.25) is 4.79 Å². The number of amides is 1. The van der Waals surface area contributed by atoms with Crippen LogP contribution in [0.2, 0.25) is 0 Å². The van der Waals surface area contributed by atoms with Crippen molar-refractivity contribution < 1.29 is 13.6 Å². The topological polar surface area (TPSA) is 64.2 Å². The second-order valence-electron chi connectivity index (χ2n) is 6.44. The molecule has 1 atom stereocenters. The van der Waals surface area contributed by atoms with E-state index in [0.29, 0.717) is 24.5 Å². The van der Waals surface area contributed by atoms with E-state index in [4.69, 9.17) is 5.73 Å². The van der Waals surface area contributed by atoms with Crippen molar-refractivity contribution in [2.75, 3.05) is 13.1 Å². The molecule has 2 N–H and O–H groups in total. The Kier molecular flexibility index (Phi) is 4.79. The maximum atomic E-state index is 13.6. The maximum absolute atomic E-state index is 13.6. The summed E-state index contributed by atoms with van der Waals surface area (Å²) in [5.41, 5.74) is 8.57. The van der Waals surface area contributed by atoms with Gasteiger partial charge in [0, 0.05) is 36.5 Å². The summed E-state index contributed by atoms with van der Waals surface area (Å²) >= 11 is 0. The van der Waals surface area contributed by atoms with Crippen LogP contribution in [-0.4, -0.2) is 39.7 Å². The molecule has 0 saturated carbocycles. The summed E-state index contributed by atoms with van der Waals surface area (Å²) in [5.74, 6) is -1.94. The summed E-state index contributed by atoms with van der Waals surface area (Å²) in [4.78, 5) is 14.5. The molecule has 2 aromatic rings. The van der Waals surface area contributed by atoms with Crippen LogP contribution in [0.1, 0.15) is 34.6 Å². The number of nitrogens with two attached hydrogens (primary N) is 1. The molecule has 1 aliphatic carbocycles. The molecule has 2 aliphatic rings. The van der Waals surface area contributed by atoms with Gasteiger partial charge in [-0.1, -0.05) is 0 Å². The summed E-state index contributed by atoms with van der Waals surface area (Å²) in [6, 6.07) is 3.68. The van der Waals surface area contributed by atoms with E-state index in [1.165, 1.54) is 6.07 Å². The van der Waals surface area contributed by atoms with Gasteiger partial charge in [0.25, 0.3) is 5.91 Å². The van der Waals surface area contributed by atoms with Gasteiger partial charge in [0.15, 0.2) is 17.3 Å². The van der Waals surface area contributed by atoms with Crippen LogP contribution >= 0.6 is 12.4 Å². The SMILES string of the molecule is Cl.N[C@@H]1CCN(C(=O)c2nn(-c3ccc(F)c(F)c3)c3c2CCC3)C1. The van der Waals surface area contributed by atoms with Crippen LogP contribution < -0.4 is 5.73 Å². The minimum Gasteiger partial charge on any atom is -0.336 e. The Morgan fingerprint density at radius 2 is 2.04 bits per heavy atom. The molecule has 1 fully saturated rings. The quantitative estimate of drug-likeness (QED) is 0.884. The Morgan fingerprint density at radius 1 is 1.24 bits per heavy atom. The number of carbonyl (C=O) groups is 1. The molecule has 5 nitrogen and oxygen atoms in total.